The highest BCUT2D eigenvalue weighted by Gasteiger charge is 2.52. The quantitative estimate of drug-likeness (QED) is 0.589. The maximum Gasteiger partial charge on any atom is 0.223 e. The van der Waals surface area contributed by atoms with Gasteiger partial charge in [-0.2, -0.15) is 0 Å². The van der Waals surface area contributed by atoms with Crippen molar-refractivity contribution < 1.29 is 9.47 Å². The zero-order chi connectivity index (χ0) is 21.0. The first-order valence-corrected chi connectivity index (χ1v) is 10.6. The molecule has 30 heavy (non-hydrogen) atoms. The number of ether oxygens (including phenoxy) is 2. The SMILES string of the molecule is COc1cc(OC)c(Cl)c(-c2ccc3nc(N[C@@H]4[C@H]5C[C@H]5C[C@@H]4N)ncc3c2)c1Cl. The Labute approximate surface area is 184 Å². The fourth-order valence-electron chi connectivity index (χ4n) is 4.56. The Morgan fingerprint density at radius 3 is 2.43 bits per heavy atom. The summed E-state index contributed by atoms with van der Waals surface area (Å²) < 4.78 is 10.8. The topological polar surface area (TPSA) is 82.3 Å². The lowest BCUT2D eigenvalue weighted by Crippen LogP contribution is -2.38. The van der Waals surface area contributed by atoms with Crippen molar-refractivity contribution in [2.45, 2.75) is 24.9 Å². The van der Waals surface area contributed by atoms with E-state index in [9.17, 15) is 0 Å². The van der Waals surface area contributed by atoms with Gasteiger partial charge in [-0.25, -0.2) is 9.97 Å². The minimum Gasteiger partial charge on any atom is -0.495 e. The normalized spacial score (nSPS) is 24.6. The van der Waals surface area contributed by atoms with E-state index >= 15 is 0 Å². The maximum atomic E-state index is 6.56. The van der Waals surface area contributed by atoms with Gasteiger partial charge in [0.15, 0.2) is 0 Å². The maximum absolute atomic E-state index is 6.56. The van der Waals surface area contributed by atoms with Crippen LogP contribution in [-0.2, 0) is 0 Å². The molecule has 2 fully saturated rings. The highest BCUT2D eigenvalue weighted by Crippen LogP contribution is 2.52. The van der Waals surface area contributed by atoms with Gasteiger partial charge in [0, 0.05) is 35.3 Å². The lowest BCUT2D eigenvalue weighted by molar-refractivity contribution is 0.395. The summed E-state index contributed by atoms with van der Waals surface area (Å²) in [6, 6.07) is 7.93. The van der Waals surface area contributed by atoms with Gasteiger partial charge in [0.05, 0.1) is 29.8 Å². The van der Waals surface area contributed by atoms with Gasteiger partial charge in [0.25, 0.3) is 0 Å². The molecule has 8 heteroatoms. The second-order valence-corrected chi connectivity index (χ2v) is 8.74. The van der Waals surface area contributed by atoms with Gasteiger partial charge in [-0.3, -0.25) is 0 Å². The number of nitrogens with one attached hydrogen (secondary N) is 1. The van der Waals surface area contributed by atoms with Crippen LogP contribution in [0.25, 0.3) is 22.0 Å². The molecule has 0 aliphatic heterocycles. The molecule has 0 saturated heterocycles. The van der Waals surface area contributed by atoms with E-state index in [-0.39, 0.29) is 12.1 Å². The predicted octanol–water partition coefficient (Wildman–Crippen LogP) is 4.77. The van der Waals surface area contributed by atoms with Crippen LogP contribution < -0.4 is 20.5 Å². The number of hydrogen-bond donors (Lipinski definition) is 2. The lowest BCUT2D eigenvalue weighted by atomic mass is 10.0. The van der Waals surface area contributed by atoms with Crippen LogP contribution in [0.3, 0.4) is 0 Å². The standard InChI is InChI=1S/C22H22Cl2N4O2/c1-29-16-8-17(30-2)20(24)18(19(16)23)10-3-4-15-12(5-10)9-26-22(27-15)28-21-13-6-11(13)7-14(21)25/h3-5,8-9,11,13-14,21H,6-7,25H2,1-2H3,(H,26,27,28)/t11-,13-,14-,21+/m0/s1. The molecule has 2 aliphatic carbocycles. The molecule has 1 aromatic heterocycles. The third-order valence-corrected chi connectivity index (χ3v) is 6.96. The van der Waals surface area contributed by atoms with E-state index in [1.54, 1.807) is 26.5 Å². The Hall–Kier alpha value is -2.28. The Bertz CT molecular complexity index is 1110. The largest absolute Gasteiger partial charge is 0.495 e. The van der Waals surface area contributed by atoms with E-state index in [0.29, 0.717) is 39.0 Å². The van der Waals surface area contributed by atoms with Gasteiger partial charge in [0.1, 0.15) is 11.5 Å². The second kappa shape index (κ2) is 7.45. The number of rotatable bonds is 5. The van der Waals surface area contributed by atoms with Crippen LogP contribution in [0.5, 0.6) is 11.5 Å². The summed E-state index contributed by atoms with van der Waals surface area (Å²) in [5, 5.41) is 5.18. The van der Waals surface area contributed by atoms with Crippen LogP contribution in [0.15, 0.2) is 30.5 Å². The summed E-state index contributed by atoms with van der Waals surface area (Å²) in [6.07, 6.45) is 4.15. The molecule has 2 aliphatic rings. The lowest BCUT2D eigenvalue weighted by Gasteiger charge is -2.20. The molecule has 4 atom stereocenters. The van der Waals surface area contributed by atoms with Gasteiger partial charge in [-0.05, 0) is 42.4 Å². The highest BCUT2D eigenvalue weighted by molar-refractivity contribution is 6.41. The zero-order valence-electron chi connectivity index (χ0n) is 16.7. The van der Waals surface area contributed by atoms with Crippen LogP contribution >= 0.6 is 23.2 Å². The monoisotopic (exact) mass is 444 g/mol. The molecule has 0 bridgehead atoms. The Morgan fingerprint density at radius 2 is 1.80 bits per heavy atom. The molecule has 0 amide bonds. The average molecular weight is 445 g/mol. The van der Waals surface area contributed by atoms with Crippen molar-refractivity contribution in [2.75, 3.05) is 19.5 Å². The molecule has 0 unspecified atom stereocenters. The number of methoxy groups -OCH3 is 2. The van der Waals surface area contributed by atoms with E-state index in [1.165, 1.54) is 6.42 Å². The number of fused-ring (bicyclic) bond motifs is 2. The molecule has 2 aromatic carbocycles. The van der Waals surface area contributed by atoms with Gasteiger partial charge < -0.3 is 20.5 Å². The first-order chi connectivity index (χ1) is 14.5. The molecule has 0 radical (unpaired) electrons. The Balaban J connectivity index is 1.50. The molecule has 156 valence electrons. The average Bonchev–Trinajstić information content (AvgIpc) is 3.44. The first kappa shape index (κ1) is 19.7. The molecule has 0 spiro atoms. The Kier molecular flexibility index (Phi) is 4.88. The van der Waals surface area contributed by atoms with Crippen molar-refractivity contribution in [3.8, 4) is 22.6 Å². The summed E-state index contributed by atoms with van der Waals surface area (Å²) >= 11 is 13.1. The summed E-state index contributed by atoms with van der Waals surface area (Å²) in [4.78, 5) is 9.19. The zero-order valence-corrected chi connectivity index (χ0v) is 18.2. The van der Waals surface area contributed by atoms with Crippen molar-refractivity contribution in [2.24, 2.45) is 17.6 Å². The van der Waals surface area contributed by atoms with Gasteiger partial charge in [0.2, 0.25) is 5.95 Å². The van der Waals surface area contributed by atoms with Gasteiger partial charge >= 0.3 is 0 Å². The van der Waals surface area contributed by atoms with Crippen LogP contribution in [0.4, 0.5) is 5.95 Å². The molecule has 5 rings (SSSR count). The van der Waals surface area contributed by atoms with E-state index in [4.69, 9.17) is 38.4 Å². The third kappa shape index (κ3) is 3.23. The summed E-state index contributed by atoms with van der Waals surface area (Å²) in [6.45, 7) is 0. The molecule has 6 nitrogen and oxygen atoms in total. The fraction of sp³-hybridized carbons (Fsp3) is 0.364. The number of anilines is 1. The van der Waals surface area contributed by atoms with Crippen LogP contribution in [0.1, 0.15) is 12.8 Å². The number of nitrogens with two attached hydrogens (primary N) is 1. The van der Waals surface area contributed by atoms with Crippen LogP contribution in [-0.4, -0.2) is 36.3 Å². The van der Waals surface area contributed by atoms with Crippen LogP contribution in [0.2, 0.25) is 10.0 Å². The number of nitrogens with zero attached hydrogens (tertiary/aromatic N) is 2. The predicted molar refractivity (Wildman–Crippen MR) is 120 cm³/mol. The van der Waals surface area contributed by atoms with E-state index in [2.05, 4.69) is 15.3 Å². The van der Waals surface area contributed by atoms with Gasteiger partial charge in [-0.1, -0.05) is 29.3 Å². The molecule has 2 saturated carbocycles. The van der Waals surface area contributed by atoms with Crippen molar-refractivity contribution >= 4 is 40.1 Å². The van der Waals surface area contributed by atoms with Crippen molar-refractivity contribution in [1.82, 2.24) is 9.97 Å². The van der Waals surface area contributed by atoms with Crippen LogP contribution in [0, 0.1) is 11.8 Å². The van der Waals surface area contributed by atoms with E-state index in [0.717, 1.165) is 28.8 Å². The Morgan fingerprint density at radius 1 is 1.07 bits per heavy atom. The minimum absolute atomic E-state index is 0.169. The minimum atomic E-state index is 0.169. The number of halogens is 2. The number of hydrogen-bond acceptors (Lipinski definition) is 6. The fourth-order valence-corrected chi connectivity index (χ4v) is 5.28. The van der Waals surface area contributed by atoms with Crippen molar-refractivity contribution in [3.63, 3.8) is 0 Å². The molecule has 1 heterocycles. The molecular weight excluding hydrogens is 423 g/mol. The summed E-state index contributed by atoms with van der Waals surface area (Å²) in [7, 11) is 3.11. The third-order valence-electron chi connectivity index (χ3n) is 6.21. The first-order valence-electron chi connectivity index (χ1n) is 9.89. The van der Waals surface area contributed by atoms with Crippen molar-refractivity contribution in [3.05, 3.63) is 40.5 Å². The van der Waals surface area contributed by atoms with Gasteiger partial charge in [-0.15, -0.1) is 0 Å². The molecular formula is C22H22Cl2N4O2. The highest BCUT2D eigenvalue weighted by atomic mass is 35.5. The van der Waals surface area contributed by atoms with Crippen molar-refractivity contribution in [1.29, 1.82) is 0 Å². The number of aromatic nitrogens is 2. The summed E-state index contributed by atoms with van der Waals surface area (Å²) in [5.41, 5.74) is 8.57. The second-order valence-electron chi connectivity index (χ2n) is 7.98. The molecule has 3 aromatic rings. The van der Waals surface area contributed by atoms with E-state index < -0.39 is 0 Å². The summed E-state index contributed by atoms with van der Waals surface area (Å²) in [5.74, 6) is 3.04. The number of benzene rings is 2. The molecule has 3 N–H and O–H groups in total. The smallest absolute Gasteiger partial charge is 0.223 e. The van der Waals surface area contributed by atoms with E-state index in [1.807, 2.05) is 18.2 Å².